The Morgan fingerprint density at radius 3 is 2.71 bits per heavy atom. The van der Waals surface area contributed by atoms with Gasteiger partial charge in [0.25, 0.3) is 0 Å². The third-order valence-corrected chi connectivity index (χ3v) is 3.79. The number of carbonyl (C=O) groups excluding carboxylic acids is 1. The van der Waals surface area contributed by atoms with Crippen molar-refractivity contribution in [2.45, 2.75) is 24.5 Å². The van der Waals surface area contributed by atoms with Crippen LogP contribution in [0.5, 0.6) is 0 Å². The fourth-order valence-corrected chi connectivity index (χ4v) is 2.39. The second-order valence-corrected chi connectivity index (χ2v) is 6.00. The highest BCUT2D eigenvalue weighted by atomic mass is 32.2. The average Bonchev–Trinajstić information content (AvgIpc) is 2.92. The molecule has 9 heteroatoms. The minimum Gasteiger partial charge on any atom is -0.272 e. The van der Waals surface area contributed by atoms with Crippen molar-refractivity contribution in [2.24, 2.45) is 5.10 Å². The number of nitrogens with one attached hydrogen (secondary N) is 1. The lowest BCUT2D eigenvalue weighted by Crippen LogP contribution is -2.20. The Morgan fingerprint density at radius 2 is 2.04 bits per heavy atom. The van der Waals surface area contributed by atoms with Gasteiger partial charge >= 0.3 is 6.18 Å². The van der Waals surface area contributed by atoms with Gasteiger partial charge in [-0.05, 0) is 25.1 Å². The van der Waals surface area contributed by atoms with Gasteiger partial charge in [0, 0.05) is 11.1 Å². The molecule has 1 amide bonds. The van der Waals surface area contributed by atoms with E-state index in [2.05, 4.69) is 15.6 Å². The maximum absolute atomic E-state index is 12.2. The molecule has 1 heterocycles. The minimum atomic E-state index is -4.33. The van der Waals surface area contributed by atoms with Gasteiger partial charge in [0.05, 0.1) is 12.0 Å². The summed E-state index contributed by atoms with van der Waals surface area (Å²) < 4.78 is 37.4. The number of hydrogen-bond donors (Lipinski definition) is 1. The third-order valence-electron chi connectivity index (χ3n) is 2.78. The molecule has 0 aliphatic heterocycles. The van der Waals surface area contributed by atoms with Gasteiger partial charge in [-0.2, -0.15) is 23.4 Å². The van der Waals surface area contributed by atoms with E-state index < -0.39 is 12.7 Å². The van der Waals surface area contributed by atoms with Crippen LogP contribution in [0.3, 0.4) is 0 Å². The summed E-state index contributed by atoms with van der Waals surface area (Å²) in [7, 11) is 0. The molecular formula is C15H15F3N4OS. The Kier molecular flexibility index (Phi) is 6.02. The molecule has 128 valence electrons. The Balaban J connectivity index is 1.77. The molecule has 1 aromatic heterocycles. The van der Waals surface area contributed by atoms with Crippen molar-refractivity contribution in [2.75, 3.05) is 5.75 Å². The predicted octanol–water partition coefficient (Wildman–Crippen LogP) is 3.00. The molecule has 0 aliphatic carbocycles. The molecule has 24 heavy (non-hydrogen) atoms. The van der Waals surface area contributed by atoms with E-state index in [1.54, 1.807) is 0 Å². The van der Waals surface area contributed by atoms with Crippen LogP contribution in [0.4, 0.5) is 13.2 Å². The van der Waals surface area contributed by atoms with E-state index in [0.717, 1.165) is 15.1 Å². The largest absolute Gasteiger partial charge is 0.408 e. The topological polar surface area (TPSA) is 59.3 Å². The molecule has 1 N–H and O–H groups in total. The highest BCUT2D eigenvalue weighted by molar-refractivity contribution is 8.00. The number of alkyl halides is 3. The van der Waals surface area contributed by atoms with Crippen LogP contribution in [-0.4, -0.2) is 33.8 Å². The van der Waals surface area contributed by atoms with Crippen LogP contribution in [0, 0.1) is 6.92 Å². The number of aromatic nitrogens is 2. The second kappa shape index (κ2) is 8.00. The first-order valence-corrected chi connectivity index (χ1v) is 7.92. The van der Waals surface area contributed by atoms with Crippen LogP contribution in [0.25, 0.3) is 0 Å². The quantitative estimate of drug-likeness (QED) is 0.492. The number of carbonyl (C=O) groups is 1. The van der Waals surface area contributed by atoms with Crippen LogP contribution >= 0.6 is 11.8 Å². The number of aryl methyl sites for hydroxylation is 1. The van der Waals surface area contributed by atoms with Gasteiger partial charge in [0.1, 0.15) is 12.2 Å². The van der Waals surface area contributed by atoms with Gasteiger partial charge in [-0.1, -0.05) is 17.7 Å². The predicted molar refractivity (Wildman–Crippen MR) is 85.9 cm³/mol. The standard InChI is InChI=1S/C15H15F3N4OS/c1-11-2-4-13(5-3-11)24-9-14(23)20-19-8-12-6-7-22(21-12)10-15(16,17)18/h2-8H,9-10H2,1H3,(H,20,23)/b19-8-. The maximum atomic E-state index is 12.2. The van der Waals surface area contributed by atoms with E-state index >= 15 is 0 Å². The normalized spacial score (nSPS) is 11.8. The van der Waals surface area contributed by atoms with Gasteiger partial charge < -0.3 is 0 Å². The lowest BCUT2D eigenvalue weighted by Gasteiger charge is -2.04. The summed E-state index contributed by atoms with van der Waals surface area (Å²) in [6, 6.07) is 9.13. The number of hydrogen-bond acceptors (Lipinski definition) is 4. The zero-order chi connectivity index (χ0) is 17.6. The van der Waals surface area contributed by atoms with Crippen LogP contribution in [-0.2, 0) is 11.3 Å². The van der Waals surface area contributed by atoms with E-state index in [0.29, 0.717) is 0 Å². The Morgan fingerprint density at radius 1 is 1.33 bits per heavy atom. The molecule has 0 bridgehead atoms. The van der Waals surface area contributed by atoms with Gasteiger partial charge in [0.15, 0.2) is 0 Å². The lowest BCUT2D eigenvalue weighted by molar-refractivity contribution is -0.142. The van der Waals surface area contributed by atoms with Crippen molar-refractivity contribution in [3.63, 3.8) is 0 Å². The van der Waals surface area contributed by atoms with Crippen LogP contribution in [0.2, 0.25) is 0 Å². The van der Waals surface area contributed by atoms with Crippen LogP contribution < -0.4 is 5.43 Å². The van der Waals surface area contributed by atoms with Gasteiger partial charge in [0.2, 0.25) is 5.91 Å². The van der Waals surface area contributed by atoms with Crippen molar-refractivity contribution in [1.29, 1.82) is 0 Å². The van der Waals surface area contributed by atoms with Gasteiger partial charge in [-0.15, -0.1) is 11.8 Å². The summed E-state index contributed by atoms with van der Waals surface area (Å²) in [4.78, 5) is 12.6. The molecule has 0 fully saturated rings. The first kappa shape index (κ1) is 18.1. The summed E-state index contributed by atoms with van der Waals surface area (Å²) in [6.07, 6.45) is -1.94. The number of hydrazone groups is 1. The fraction of sp³-hybridized carbons (Fsp3) is 0.267. The number of halogens is 3. The van der Waals surface area contributed by atoms with E-state index in [1.807, 2.05) is 31.2 Å². The number of thioether (sulfide) groups is 1. The molecule has 2 aromatic rings. The molecule has 0 spiro atoms. The first-order chi connectivity index (χ1) is 11.3. The molecule has 0 radical (unpaired) electrons. The molecule has 2 rings (SSSR count). The molecule has 0 atom stereocenters. The van der Waals surface area contributed by atoms with Crippen molar-refractivity contribution in [1.82, 2.24) is 15.2 Å². The van der Waals surface area contributed by atoms with Crippen molar-refractivity contribution in [3.8, 4) is 0 Å². The zero-order valence-electron chi connectivity index (χ0n) is 12.7. The Labute approximate surface area is 140 Å². The summed E-state index contributed by atoms with van der Waals surface area (Å²) in [6.45, 7) is 0.812. The fourth-order valence-electron chi connectivity index (χ4n) is 1.70. The number of nitrogens with zero attached hydrogens (tertiary/aromatic N) is 3. The molecule has 1 aromatic carbocycles. The first-order valence-electron chi connectivity index (χ1n) is 6.93. The SMILES string of the molecule is Cc1ccc(SCC(=O)N/N=C\c2ccn(CC(F)(F)F)n2)cc1. The molecule has 0 unspecified atom stereocenters. The third kappa shape index (κ3) is 6.45. The van der Waals surface area contributed by atoms with Crippen molar-refractivity contribution >= 4 is 23.9 Å². The second-order valence-electron chi connectivity index (χ2n) is 4.95. The summed E-state index contributed by atoms with van der Waals surface area (Å²) in [5.41, 5.74) is 3.67. The average molecular weight is 356 g/mol. The molecular weight excluding hydrogens is 341 g/mol. The highest BCUT2D eigenvalue weighted by Gasteiger charge is 2.28. The molecule has 0 aliphatic rings. The van der Waals surface area contributed by atoms with E-state index in [-0.39, 0.29) is 17.4 Å². The maximum Gasteiger partial charge on any atom is 0.408 e. The summed E-state index contributed by atoms with van der Waals surface area (Å²) in [5.74, 6) is -0.130. The van der Waals surface area contributed by atoms with E-state index in [9.17, 15) is 18.0 Å². The highest BCUT2D eigenvalue weighted by Crippen LogP contribution is 2.18. The van der Waals surface area contributed by atoms with Gasteiger partial charge in [-0.25, -0.2) is 5.43 Å². The molecule has 5 nitrogen and oxygen atoms in total. The zero-order valence-corrected chi connectivity index (χ0v) is 13.6. The number of rotatable bonds is 6. The Hall–Kier alpha value is -2.29. The summed E-state index contributed by atoms with van der Waals surface area (Å²) in [5, 5.41) is 7.37. The smallest absolute Gasteiger partial charge is 0.272 e. The van der Waals surface area contributed by atoms with E-state index in [4.69, 9.17) is 0 Å². The van der Waals surface area contributed by atoms with Crippen LogP contribution in [0.1, 0.15) is 11.3 Å². The monoisotopic (exact) mass is 356 g/mol. The summed E-state index contributed by atoms with van der Waals surface area (Å²) >= 11 is 1.36. The number of benzene rings is 1. The molecule has 0 saturated carbocycles. The minimum absolute atomic E-state index is 0.183. The Bertz CT molecular complexity index is 710. The van der Waals surface area contributed by atoms with E-state index in [1.165, 1.54) is 30.2 Å². The molecule has 0 saturated heterocycles. The van der Waals surface area contributed by atoms with Crippen molar-refractivity contribution < 1.29 is 18.0 Å². The van der Waals surface area contributed by atoms with Crippen molar-refractivity contribution in [3.05, 3.63) is 47.8 Å². The lowest BCUT2D eigenvalue weighted by atomic mass is 10.2. The van der Waals surface area contributed by atoms with Gasteiger partial charge in [-0.3, -0.25) is 9.48 Å². The number of amides is 1. The van der Waals surface area contributed by atoms with Crippen LogP contribution in [0.15, 0.2) is 46.5 Å².